The smallest absolute Gasteiger partial charge is 0.362 e. The number of nitrogens with zero attached hydrogens (tertiary/aromatic N) is 1. The van der Waals surface area contributed by atoms with E-state index in [1.807, 2.05) is 0 Å². The Bertz CT molecular complexity index is 607. The van der Waals surface area contributed by atoms with Crippen LogP contribution in [0.4, 0.5) is 52.7 Å². The number of alkyl halides is 12. The fourth-order valence-corrected chi connectivity index (χ4v) is 3.98. The lowest BCUT2D eigenvalue weighted by molar-refractivity contribution is -0.306. The van der Waals surface area contributed by atoms with Crippen LogP contribution in [-0.4, -0.2) is 66.9 Å². The van der Waals surface area contributed by atoms with Crippen molar-refractivity contribution in [3.63, 3.8) is 0 Å². The van der Waals surface area contributed by atoms with E-state index in [-0.39, 0.29) is 4.90 Å². The average molecular weight is 483 g/mol. The Kier molecular flexibility index (Phi) is 7.46. The van der Waals surface area contributed by atoms with Gasteiger partial charge in [0.25, 0.3) is 6.17 Å². The molecular formula is C17H21F12NO. The maximum absolute atomic E-state index is 14.7. The van der Waals surface area contributed by atoms with Gasteiger partial charge in [0.2, 0.25) is 6.30 Å². The molecule has 0 amide bonds. The molecule has 2 aliphatic rings. The maximum atomic E-state index is 14.7. The molecule has 0 bridgehead atoms. The van der Waals surface area contributed by atoms with E-state index < -0.39 is 99.5 Å². The Labute approximate surface area is 169 Å². The SMILES string of the molecule is CC1CC(C(F)(F)F)CN(C(F)C(F)(F)C2CCCC(C(F)(F)C(F)C(F)(F)F)O2)C1. The Morgan fingerprint density at radius 1 is 0.806 bits per heavy atom. The van der Waals surface area contributed by atoms with Gasteiger partial charge in [0, 0.05) is 13.1 Å². The molecule has 0 aromatic rings. The number of rotatable bonds is 5. The minimum Gasteiger partial charge on any atom is -0.362 e. The first-order valence-electron chi connectivity index (χ1n) is 9.45. The van der Waals surface area contributed by atoms with E-state index in [9.17, 15) is 52.7 Å². The molecule has 0 saturated carbocycles. The first kappa shape index (κ1) is 26.3. The third kappa shape index (κ3) is 5.72. The standard InChI is InChI=1S/C17H21F12NO/c1-8-5-9(16(24,25)26)7-30(6-8)13(19)15(22,23)11-4-2-3-10(31-11)14(20,21)12(18)17(27,28)29/h8-13H,2-7H2,1H3. The Morgan fingerprint density at radius 3 is 1.81 bits per heavy atom. The highest BCUT2D eigenvalue weighted by Gasteiger charge is 2.64. The highest BCUT2D eigenvalue weighted by molar-refractivity contribution is 4.97. The van der Waals surface area contributed by atoms with Crippen LogP contribution >= 0.6 is 0 Å². The number of hydrogen-bond donors (Lipinski definition) is 0. The van der Waals surface area contributed by atoms with Crippen molar-refractivity contribution < 1.29 is 57.4 Å². The fourth-order valence-electron chi connectivity index (χ4n) is 3.98. The predicted octanol–water partition coefficient (Wildman–Crippen LogP) is 5.91. The van der Waals surface area contributed by atoms with Gasteiger partial charge >= 0.3 is 24.2 Å². The van der Waals surface area contributed by atoms with Gasteiger partial charge in [0.1, 0.15) is 12.2 Å². The van der Waals surface area contributed by atoms with Gasteiger partial charge in [-0.05, 0) is 31.6 Å². The second-order valence-electron chi connectivity index (χ2n) is 8.17. The molecule has 0 aromatic heterocycles. The summed E-state index contributed by atoms with van der Waals surface area (Å²) in [6, 6.07) is 0. The summed E-state index contributed by atoms with van der Waals surface area (Å²) < 4.78 is 165. The van der Waals surface area contributed by atoms with Crippen LogP contribution in [0.15, 0.2) is 0 Å². The Balaban J connectivity index is 2.17. The molecule has 2 rings (SSSR count). The Hall–Kier alpha value is -0.920. The summed E-state index contributed by atoms with van der Waals surface area (Å²) in [5, 5.41) is 0. The molecule has 14 heteroatoms. The van der Waals surface area contributed by atoms with E-state index in [0.717, 1.165) is 0 Å². The van der Waals surface area contributed by atoms with Crippen LogP contribution in [0.3, 0.4) is 0 Å². The molecule has 2 heterocycles. The normalized spacial score (nSPS) is 32.0. The zero-order valence-electron chi connectivity index (χ0n) is 16.1. The van der Waals surface area contributed by atoms with Crippen LogP contribution in [0.2, 0.25) is 0 Å². The highest BCUT2D eigenvalue weighted by atomic mass is 19.4. The van der Waals surface area contributed by atoms with Crippen molar-refractivity contribution in [2.24, 2.45) is 11.8 Å². The van der Waals surface area contributed by atoms with Crippen LogP contribution in [-0.2, 0) is 4.74 Å². The van der Waals surface area contributed by atoms with Gasteiger partial charge in [-0.1, -0.05) is 6.92 Å². The summed E-state index contributed by atoms with van der Waals surface area (Å²) in [5.74, 6) is -12.7. The molecule has 0 N–H and O–H groups in total. The number of hydrogen-bond acceptors (Lipinski definition) is 2. The number of ether oxygens (including phenoxy) is 1. The van der Waals surface area contributed by atoms with Crippen molar-refractivity contribution in [1.29, 1.82) is 0 Å². The van der Waals surface area contributed by atoms with Crippen molar-refractivity contribution >= 4 is 0 Å². The summed E-state index contributed by atoms with van der Waals surface area (Å²) in [5.41, 5.74) is 0. The lowest BCUT2D eigenvalue weighted by Gasteiger charge is -2.44. The van der Waals surface area contributed by atoms with Crippen LogP contribution in [0.25, 0.3) is 0 Å². The first-order valence-corrected chi connectivity index (χ1v) is 9.45. The van der Waals surface area contributed by atoms with Crippen LogP contribution in [0.5, 0.6) is 0 Å². The molecule has 6 atom stereocenters. The zero-order valence-corrected chi connectivity index (χ0v) is 16.1. The van der Waals surface area contributed by atoms with Crippen molar-refractivity contribution in [1.82, 2.24) is 4.90 Å². The first-order chi connectivity index (χ1) is 13.9. The van der Waals surface area contributed by atoms with Gasteiger partial charge in [-0.2, -0.15) is 35.1 Å². The summed E-state index contributed by atoms with van der Waals surface area (Å²) >= 11 is 0. The molecule has 6 unspecified atom stereocenters. The molecule has 0 radical (unpaired) electrons. The van der Waals surface area contributed by atoms with Gasteiger partial charge < -0.3 is 4.74 Å². The van der Waals surface area contributed by atoms with Crippen molar-refractivity contribution in [2.45, 2.75) is 81.5 Å². The minimum absolute atomic E-state index is 0.227. The van der Waals surface area contributed by atoms with E-state index >= 15 is 0 Å². The van der Waals surface area contributed by atoms with Crippen LogP contribution in [0.1, 0.15) is 32.6 Å². The number of likely N-dealkylation sites (tertiary alicyclic amines) is 1. The van der Waals surface area contributed by atoms with Crippen LogP contribution < -0.4 is 0 Å². The predicted molar refractivity (Wildman–Crippen MR) is 83.2 cm³/mol. The van der Waals surface area contributed by atoms with Gasteiger partial charge in [0.15, 0.2) is 0 Å². The summed E-state index contributed by atoms with van der Waals surface area (Å²) in [4.78, 5) is 0.227. The Morgan fingerprint density at radius 2 is 1.32 bits per heavy atom. The third-order valence-electron chi connectivity index (χ3n) is 5.53. The molecule has 2 nitrogen and oxygen atoms in total. The maximum Gasteiger partial charge on any atom is 0.425 e. The molecule has 2 saturated heterocycles. The average Bonchev–Trinajstić information content (AvgIpc) is 2.64. The second-order valence-corrected chi connectivity index (χ2v) is 8.17. The van der Waals surface area contributed by atoms with E-state index in [1.165, 1.54) is 6.92 Å². The van der Waals surface area contributed by atoms with Crippen molar-refractivity contribution in [2.75, 3.05) is 13.1 Å². The molecule has 0 aliphatic carbocycles. The molecule has 2 aliphatic heterocycles. The molecule has 2 fully saturated rings. The molecule has 184 valence electrons. The lowest BCUT2D eigenvalue weighted by atomic mass is 9.88. The van der Waals surface area contributed by atoms with Gasteiger partial charge in [0.05, 0.1) is 5.92 Å². The zero-order chi connectivity index (χ0) is 24.0. The summed E-state index contributed by atoms with van der Waals surface area (Å²) in [6.07, 6.45) is -26.9. The van der Waals surface area contributed by atoms with E-state index in [2.05, 4.69) is 4.74 Å². The molecule has 0 aromatic carbocycles. The minimum atomic E-state index is -5.98. The number of piperidine rings is 1. The summed E-state index contributed by atoms with van der Waals surface area (Å²) in [7, 11) is 0. The quantitative estimate of drug-likeness (QED) is 0.356. The monoisotopic (exact) mass is 483 g/mol. The van der Waals surface area contributed by atoms with E-state index in [1.54, 1.807) is 0 Å². The van der Waals surface area contributed by atoms with E-state index in [0.29, 0.717) is 0 Å². The van der Waals surface area contributed by atoms with Crippen molar-refractivity contribution in [3.8, 4) is 0 Å². The molecular weight excluding hydrogens is 462 g/mol. The fraction of sp³-hybridized carbons (Fsp3) is 1.00. The lowest BCUT2D eigenvalue weighted by Crippen LogP contribution is -2.60. The van der Waals surface area contributed by atoms with Gasteiger partial charge in [-0.25, -0.2) is 17.6 Å². The molecule has 31 heavy (non-hydrogen) atoms. The van der Waals surface area contributed by atoms with Gasteiger partial charge in [-0.15, -0.1) is 0 Å². The third-order valence-corrected chi connectivity index (χ3v) is 5.53. The van der Waals surface area contributed by atoms with Gasteiger partial charge in [-0.3, -0.25) is 4.90 Å². The largest absolute Gasteiger partial charge is 0.425 e. The summed E-state index contributed by atoms with van der Waals surface area (Å²) in [6.45, 7) is -0.282. The highest BCUT2D eigenvalue weighted by Crippen LogP contribution is 2.45. The van der Waals surface area contributed by atoms with Crippen molar-refractivity contribution in [3.05, 3.63) is 0 Å². The molecule has 0 spiro atoms. The van der Waals surface area contributed by atoms with Crippen LogP contribution in [0, 0.1) is 11.8 Å². The topological polar surface area (TPSA) is 12.5 Å². The number of halogens is 12. The second kappa shape index (κ2) is 8.79. The van der Waals surface area contributed by atoms with E-state index in [4.69, 9.17) is 0 Å².